The van der Waals surface area contributed by atoms with Gasteiger partial charge >= 0.3 is 6.03 Å². The Morgan fingerprint density at radius 2 is 1.83 bits per heavy atom. The third-order valence-corrected chi connectivity index (χ3v) is 7.21. The van der Waals surface area contributed by atoms with Crippen molar-refractivity contribution in [2.45, 2.75) is 38.8 Å². The van der Waals surface area contributed by atoms with Gasteiger partial charge in [-0.05, 0) is 37.5 Å². The minimum absolute atomic E-state index is 0.0433. The summed E-state index contributed by atoms with van der Waals surface area (Å²) in [7, 11) is 0. The number of aromatic nitrogens is 4. The van der Waals surface area contributed by atoms with Gasteiger partial charge in [-0.2, -0.15) is 0 Å². The maximum atomic E-state index is 14.8. The van der Waals surface area contributed by atoms with Gasteiger partial charge in [0.1, 0.15) is 11.4 Å². The SMILES string of the molecule is CCCOCCOCCOCCn1cc(-c2cc3nccc(Oc4ccc(NC(=O)NC5CC5)cc4F)c3s2)nn1. The summed E-state index contributed by atoms with van der Waals surface area (Å²) in [6.07, 6.45) is 6.40. The molecule has 1 saturated carbocycles. The van der Waals surface area contributed by atoms with Gasteiger partial charge in [-0.3, -0.25) is 4.98 Å². The lowest BCUT2D eigenvalue weighted by Crippen LogP contribution is -2.30. The van der Waals surface area contributed by atoms with Crippen LogP contribution in [0.2, 0.25) is 0 Å². The van der Waals surface area contributed by atoms with E-state index in [1.54, 1.807) is 23.0 Å². The average molecular weight is 585 g/mol. The zero-order valence-electron chi connectivity index (χ0n) is 22.8. The van der Waals surface area contributed by atoms with E-state index in [-0.39, 0.29) is 17.8 Å². The van der Waals surface area contributed by atoms with Gasteiger partial charge in [0.05, 0.1) is 60.9 Å². The number of nitrogens with zero attached hydrogens (tertiary/aromatic N) is 4. The highest BCUT2D eigenvalue weighted by atomic mass is 32.1. The Hall–Kier alpha value is -3.65. The van der Waals surface area contributed by atoms with E-state index in [4.69, 9.17) is 18.9 Å². The number of halogens is 1. The number of anilines is 1. The smallest absolute Gasteiger partial charge is 0.319 e. The molecule has 1 fully saturated rings. The maximum Gasteiger partial charge on any atom is 0.319 e. The molecule has 1 aliphatic rings. The van der Waals surface area contributed by atoms with Crippen LogP contribution in [-0.4, -0.2) is 71.7 Å². The average Bonchev–Trinajstić information content (AvgIpc) is 3.45. The molecule has 1 aliphatic carbocycles. The molecule has 11 nitrogen and oxygen atoms in total. The van der Waals surface area contributed by atoms with E-state index in [0.717, 1.165) is 35.4 Å². The predicted octanol–water partition coefficient (Wildman–Crippen LogP) is 5.23. The minimum Gasteiger partial charge on any atom is -0.453 e. The number of thiophene rings is 1. The van der Waals surface area contributed by atoms with E-state index in [2.05, 4.69) is 32.9 Å². The number of carbonyl (C=O) groups excluding carboxylic acids is 1. The van der Waals surface area contributed by atoms with Gasteiger partial charge in [-0.15, -0.1) is 16.4 Å². The molecule has 0 radical (unpaired) electrons. The second-order valence-corrected chi connectivity index (χ2v) is 10.5. The summed E-state index contributed by atoms with van der Waals surface area (Å²) in [5, 5.41) is 13.9. The third kappa shape index (κ3) is 8.43. The third-order valence-electron chi connectivity index (χ3n) is 6.05. The Kier molecular flexibility index (Phi) is 10.1. The van der Waals surface area contributed by atoms with Gasteiger partial charge in [0, 0.05) is 36.7 Å². The molecule has 41 heavy (non-hydrogen) atoms. The zero-order valence-corrected chi connectivity index (χ0v) is 23.6. The fourth-order valence-corrected chi connectivity index (χ4v) is 4.86. The van der Waals surface area contributed by atoms with E-state index in [1.807, 2.05) is 12.3 Å². The van der Waals surface area contributed by atoms with Gasteiger partial charge in [0.2, 0.25) is 0 Å². The fraction of sp³-hybridized carbons (Fsp3) is 0.429. The normalized spacial score (nSPS) is 13.0. The molecule has 5 rings (SSSR count). The van der Waals surface area contributed by atoms with Gasteiger partial charge in [-0.25, -0.2) is 13.9 Å². The minimum atomic E-state index is -0.589. The Morgan fingerprint density at radius 3 is 2.59 bits per heavy atom. The van der Waals surface area contributed by atoms with Gasteiger partial charge < -0.3 is 29.6 Å². The number of nitrogens with one attached hydrogen (secondary N) is 2. The quantitative estimate of drug-likeness (QED) is 0.172. The summed E-state index contributed by atoms with van der Waals surface area (Å²) in [4.78, 5) is 17.2. The second kappa shape index (κ2) is 14.3. The van der Waals surface area contributed by atoms with Crippen LogP contribution in [0, 0.1) is 5.82 Å². The number of benzene rings is 1. The molecule has 1 aromatic carbocycles. The van der Waals surface area contributed by atoms with E-state index < -0.39 is 5.82 Å². The van der Waals surface area contributed by atoms with Crippen molar-refractivity contribution in [2.75, 3.05) is 45.0 Å². The highest BCUT2D eigenvalue weighted by molar-refractivity contribution is 7.22. The number of carbonyl (C=O) groups is 1. The van der Waals surface area contributed by atoms with Gasteiger partial charge in [-0.1, -0.05) is 12.1 Å². The van der Waals surface area contributed by atoms with Crippen molar-refractivity contribution in [2.24, 2.45) is 0 Å². The molecule has 13 heteroatoms. The highest BCUT2D eigenvalue weighted by Crippen LogP contribution is 2.39. The number of ether oxygens (including phenoxy) is 4. The molecule has 2 N–H and O–H groups in total. The van der Waals surface area contributed by atoms with Crippen molar-refractivity contribution in [1.82, 2.24) is 25.3 Å². The Morgan fingerprint density at radius 1 is 1.05 bits per heavy atom. The first-order chi connectivity index (χ1) is 20.1. The van der Waals surface area contributed by atoms with Crippen molar-refractivity contribution >= 4 is 33.3 Å². The van der Waals surface area contributed by atoms with Crippen molar-refractivity contribution < 1.29 is 28.1 Å². The molecular formula is C28H33FN6O5S. The van der Waals surface area contributed by atoms with Crippen LogP contribution >= 0.6 is 11.3 Å². The van der Waals surface area contributed by atoms with Crippen LogP contribution in [0.3, 0.4) is 0 Å². The zero-order chi connectivity index (χ0) is 28.4. The Balaban J connectivity index is 1.14. The number of amides is 2. The Bertz CT molecular complexity index is 1440. The standard InChI is InChI=1S/C28H33FN6O5S/c1-2-10-37-12-14-39-15-13-38-11-9-35-18-23(33-34-35)26-17-22-27(41-26)25(7-8-30-22)40-24-6-5-20(16-21(24)29)32-28(36)31-19-3-4-19/h5-8,16-19H,2-4,9-15H2,1H3,(H2,31,32,36). The largest absolute Gasteiger partial charge is 0.453 e. The summed E-state index contributed by atoms with van der Waals surface area (Å²) in [6, 6.07) is 7.78. The molecular weight excluding hydrogens is 551 g/mol. The molecule has 0 spiro atoms. The molecule has 0 bridgehead atoms. The first-order valence-corrected chi connectivity index (χ1v) is 14.5. The van der Waals surface area contributed by atoms with Crippen LogP contribution in [0.25, 0.3) is 20.8 Å². The molecule has 0 saturated heterocycles. The first-order valence-electron chi connectivity index (χ1n) is 13.7. The van der Waals surface area contributed by atoms with Crippen LogP contribution in [-0.2, 0) is 20.8 Å². The van der Waals surface area contributed by atoms with Crippen molar-refractivity contribution in [3.8, 4) is 22.1 Å². The van der Waals surface area contributed by atoms with E-state index >= 15 is 0 Å². The van der Waals surface area contributed by atoms with E-state index in [9.17, 15) is 9.18 Å². The van der Waals surface area contributed by atoms with Crippen molar-refractivity contribution in [3.63, 3.8) is 0 Å². The van der Waals surface area contributed by atoms with Crippen LogP contribution in [0.4, 0.5) is 14.9 Å². The summed E-state index contributed by atoms with van der Waals surface area (Å²) < 4.78 is 39.7. The number of rotatable bonds is 16. The summed E-state index contributed by atoms with van der Waals surface area (Å²) in [5.74, 6) is -0.0762. The highest BCUT2D eigenvalue weighted by Gasteiger charge is 2.23. The lowest BCUT2D eigenvalue weighted by molar-refractivity contribution is 0.0128. The molecule has 3 heterocycles. The van der Waals surface area contributed by atoms with Crippen molar-refractivity contribution in [3.05, 3.63) is 48.5 Å². The van der Waals surface area contributed by atoms with Gasteiger partial charge in [0.15, 0.2) is 11.6 Å². The number of hydrogen-bond acceptors (Lipinski definition) is 9. The molecule has 0 unspecified atom stereocenters. The van der Waals surface area contributed by atoms with E-state index in [0.29, 0.717) is 62.2 Å². The van der Waals surface area contributed by atoms with Gasteiger partial charge in [0.25, 0.3) is 0 Å². The van der Waals surface area contributed by atoms with Crippen LogP contribution in [0.15, 0.2) is 42.7 Å². The monoisotopic (exact) mass is 584 g/mol. The first kappa shape index (κ1) is 28.9. The lowest BCUT2D eigenvalue weighted by atomic mass is 10.3. The predicted molar refractivity (Wildman–Crippen MR) is 153 cm³/mol. The second-order valence-electron chi connectivity index (χ2n) is 9.46. The topological polar surface area (TPSA) is 122 Å². The van der Waals surface area contributed by atoms with Crippen LogP contribution in [0.1, 0.15) is 26.2 Å². The molecule has 3 aromatic heterocycles. The number of pyridine rings is 1. The molecule has 4 aromatic rings. The number of urea groups is 1. The lowest BCUT2D eigenvalue weighted by Gasteiger charge is -2.10. The fourth-order valence-electron chi connectivity index (χ4n) is 3.85. The molecule has 2 amide bonds. The maximum absolute atomic E-state index is 14.8. The van der Waals surface area contributed by atoms with Crippen molar-refractivity contribution in [1.29, 1.82) is 0 Å². The molecule has 0 aliphatic heterocycles. The number of fused-ring (bicyclic) bond motifs is 1. The summed E-state index contributed by atoms with van der Waals surface area (Å²) in [6.45, 7) is 6.03. The summed E-state index contributed by atoms with van der Waals surface area (Å²) in [5.41, 5.74) is 1.75. The number of hydrogen-bond donors (Lipinski definition) is 2. The molecule has 218 valence electrons. The van der Waals surface area contributed by atoms with Crippen LogP contribution < -0.4 is 15.4 Å². The summed E-state index contributed by atoms with van der Waals surface area (Å²) >= 11 is 1.43. The Labute approximate surface area is 241 Å². The molecule has 0 atom stereocenters. The van der Waals surface area contributed by atoms with Crippen LogP contribution in [0.5, 0.6) is 11.5 Å². The van der Waals surface area contributed by atoms with E-state index in [1.165, 1.54) is 23.5 Å².